The van der Waals surface area contributed by atoms with Crippen LogP contribution < -0.4 is 5.32 Å². The molecule has 0 aromatic heterocycles. The van der Waals surface area contributed by atoms with Crippen LogP contribution in [0.3, 0.4) is 0 Å². The number of nitrogens with one attached hydrogen (secondary N) is 1. The van der Waals surface area contributed by atoms with E-state index in [-0.39, 0.29) is 0 Å². The Hall–Kier alpha value is -0.890. The summed E-state index contributed by atoms with van der Waals surface area (Å²) in [5.74, 6) is 0. The lowest BCUT2D eigenvalue weighted by Crippen LogP contribution is -2.20. The molecule has 2 heteroatoms. The van der Waals surface area contributed by atoms with Gasteiger partial charge in [0, 0.05) is 12.1 Å². The summed E-state index contributed by atoms with van der Waals surface area (Å²) in [6.45, 7) is 6.23. The van der Waals surface area contributed by atoms with Crippen LogP contribution in [0.15, 0.2) is 30.3 Å². The molecule has 0 bridgehead atoms. The lowest BCUT2D eigenvalue weighted by molar-refractivity contribution is 0.571. The lowest BCUT2D eigenvalue weighted by Gasteiger charge is -2.12. The van der Waals surface area contributed by atoms with E-state index < -0.39 is 0 Å². The van der Waals surface area contributed by atoms with Crippen molar-refractivity contribution in [1.82, 2.24) is 5.32 Å². The second-order valence-electron chi connectivity index (χ2n) is 3.57. The number of alkyl halides is 1. The highest BCUT2D eigenvalue weighted by atomic mass is 19.1. The van der Waals surface area contributed by atoms with Crippen LogP contribution in [0.2, 0.25) is 0 Å². The molecule has 0 spiro atoms. The fourth-order valence-corrected chi connectivity index (χ4v) is 1.44. The van der Waals surface area contributed by atoms with Gasteiger partial charge in [0.2, 0.25) is 0 Å². The summed E-state index contributed by atoms with van der Waals surface area (Å²) in [7, 11) is 0.500. The molecular weight excluding hydrogens is 201 g/mol. The summed E-state index contributed by atoms with van der Waals surface area (Å²) < 4.78 is 9.50. The maximum absolute atomic E-state index is 9.50. The fraction of sp³-hybridized carbons (Fsp3) is 0.571. The zero-order chi connectivity index (χ0) is 12.4. The topological polar surface area (TPSA) is 12.0 Å². The van der Waals surface area contributed by atoms with Gasteiger partial charge in [-0.3, -0.25) is 4.39 Å². The van der Waals surface area contributed by atoms with Crippen molar-refractivity contribution in [2.75, 3.05) is 7.18 Å². The third-order valence-corrected chi connectivity index (χ3v) is 2.36. The Bertz CT molecular complexity index is 244. The van der Waals surface area contributed by atoms with Crippen LogP contribution in [0.1, 0.15) is 45.2 Å². The van der Waals surface area contributed by atoms with Crippen LogP contribution in [0, 0.1) is 0 Å². The van der Waals surface area contributed by atoms with Crippen molar-refractivity contribution in [3.63, 3.8) is 0 Å². The predicted molar refractivity (Wildman–Crippen MR) is 69.4 cm³/mol. The van der Waals surface area contributed by atoms with Crippen LogP contribution in [-0.2, 0) is 0 Å². The summed E-state index contributed by atoms with van der Waals surface area (Å²) >= 11 is 0. The molecule has 1 atom stereocenters. The molecular formula is C14H24FN. The second kappa shape index (κ2) is 9.34. The first kappa shape index (κ1) is 15.1. The van der Waals surface area contributed by atoms with E-state index in [9.17, 15) is 4.39 Å². The highest BCUT2D eigenvalue weighted by Gasteiger charge is 2.22. The Morgan fingerprint density at radius 2 is 1.62 bits per heavy atom. The number of hydrogen-bond donors (Lipinski definition) is 1. The first-order valence-corrected chi connectivity index (χ1v) is 6.05. The van der Waals surface area contributed by atoms with Crippen molar-refractivity contribution in [2.45, 2.75) is 45.7 Å². The van der Waals surface area contributed by atoms with E-state index in [1.807, 2.05) is 13.8 Å². The minimum Gasteiger partial charge on any atom is -0.307 e. The van der Waals surface area contributed by atoms with Gasteiger partial charge in [0.25, 0.3) is 0 Å². The van der Waals surface area contributed by atoms with Gasteiger partial charge in [-0.05, 0) is 25.3 Å². The molecule has 1 nitrogen and oxygen atoms in total. The van der Waals surface area contributed by atoms with Crippen molar-refractivity contribution in [1.29, 1.82) is 0 Å². The van der Waals surface area contributed by atoms with E-state index in [4.69, 9.17) is 0 Å². The van der Waals surface area contributed by atoms with E-state index in [1.54, 1.807) is 0 Å². The molecule has 92 valence electrons. The smallest absolute Gasteiger partial charge is 0.0785 e. The standard InChI is InChI=1S/C11H15N.C2H6.CH3F/c1-9(12-11-7-8-11)10-5-3-2-4-6-10;2*1-2/h2-6,9,11-12H,7-8H2,1H3;1-2H3;1H3. The largest absolute Gasteiger partial charge is 0.307 e. The third kappa shape index (κ3) is 5.86. The van der Waals surface area contributed by atoms with Crippen molar-refractivity contribution in [2.24, 2.45) is 0 Å². The molecule has 1 saturated carbocycles. The average molecular weight is 225 g/mol. The Balaban J connectivity index is 0.000000509. The Morgan fingerprint density at radius 1 is 1.12 bits per heavy atom. The molecule has 1 aliphatic rings. The van der Waals surface area contributed by atoms with Gasteiger partial charge < -0.3 is 5.32 Å². The van der Waals surface area contributed by atoms with E-state index in [0.717, 1.165) is 6.04 Å². The molecule has 0 amide bonds. The van der Waals surface area contributed by atoms with Gasteiger partial charge >= 0.3 is 0 Å². The average Bonchev–Trinajstić information content (AvgIpc) is 3.19. The highest BCUT2D eigenvalue weighted by Crippen LogP contribution is 2.23. The van der Waals surface area contributed by atoms with E-state index >= 15 is 0 Å². The van der Waals surface area contributed by atoms with Crippen molar-refractivity contribution in [3.05, 3.63) is 35.9 Å². The third-order valence-electron chi connectivity index (χ3n) is 2.36. The first-order chi connectivity index (χ1) is 7.86. The molecule has 1 unspecified atom stereocenters. The highest BCUT2D eigenvalue weighted by molar-refractivity contribution is 5.18. The van der Waals surface area contributed by atoms with Gasteiger partial charge in [-0.25, -0.2) is 0 Å². The van der Waals surface area contributed by atoms with Gasteiger partial charge in [0.1, 0.15) is 0 Å². The van der Waals surface area contributed by atoms with Crippen molar-refractivity contribution < 1.29 is 4.39 Å². The van der Waals surface area contributed by atoms with Gasteiger partial charge in [-0.15, -0.1) is 0 Å². The molecule has 0 saturated heterocycles. The Kier molecular flexibility index (Phi) is 8.82. The summed E-state index contributed by atoms with van der Waals surface area (Å²) in [5.41, 5.74) is 1.39. The van der Waals surface area contributed by atoms with Crippen LogP contribution >= 0.6 is 0 Å². The molecule has 0 heterocycles. The van der Waals surface area contributed by atoms with Gasteiger partial charge in [0.15, 0.2) is 0 Å². The fourth-order valence-electron chi connectivity index (χ4n) is 1.44. The van der Waals surface area contributed by atoms with E-state index in [0.29, 0.717) is 13.2 Å². The van der Waals surface area contributed by atoms with Crippen molar-refractivity contribution >= 4 is 0 Å². The summed E-state index contributed by atoms with van der Waals surface area (Å²) in [6.07, 6.45) is 2.72. The number of hydrogen-bond acceptors (Lipinski definition) is 1. The zero-order valence-electron chi connectivity index (χ0n) is 10.8. The number of halogens is 1. The van der Waals surface area contributed by atoms with Crippen LogP contribution in [0.25, 0.3) is 0 Å². The molecule has 1 fully saturated rings. The Morgan fingerprint density at radius 3 is 2.06 bits per heavy atom. The van der Waals surface area contributed by atoms with E-state index in [2.05, 4.69) is 42.6 Å². The molecule has 1 aromatic rings. The van der Waals surface area contributed by atoms with Crippen LogP contribution in [0.4, 0.5) is 4.39 Å². The van der Waals surface area contributed by atoms with Gasteiger partial charge in [-0.1, -0.05) is 44.2 Å². The zero-order valence-corrected chi connectivity index (χ0v) is 10.8. The monoisotopic (exact) mass is 225 g/mol. The summed E-state index contributed by atoms with van der Waals surface area (Å²) in [5, 5.41) is 3.57. The molecule has 2 rings (SSSR count). The molecule has 1 aliphatic carbocycles. The van der Waals surface area contributed by atoms with E-state index in [1.165, 1.54) is 18.4 Å². The maximum atomic E-state index is 9.50. The quantitative estimate of drug-likeness (QED) is 0.816. The Labute approximate surface area is 99.1 Å². The van der Waals surface area contributed by atoms with Crippen LogP contribution in [0.5, 0.6) is 0 Å². The SMILES string of the molecule is CC.CC(NC1CC1)c1ccccc1.CF. The minimum atomic E-state index is 0.500. The van der Waals surface area contributed by atoms with Gasteiger partial charge in [0.05, 0.1) is 7.18 Å². The molecule has 0 aliphatic heterocycles. The minimum absolute atomic E-state index is 0.500. The molecule has 1 N–H and O–H groups in total. The second-order valence-corrected chi connectivity index (χ2v) is 3.57. The summed E-state index contributed by atoms with van der Waals surface area (Å²) in [6, 6.07) is 11.9. The first-order valence-electron chi connectivity index (χ1n) is 6.05. The molecule has 16 heavy (non-hydrogen) atoms. The number of benzene rings is 1. The summed E-state index contributed by atoms with van der Waals surface area (Å²) in [4.78, 5) is 0. The van der Waals surface area contributed by atoms with Gasteiger partial charge in [-0.2, -0.15) is 0 Å². The van der Waals surface area contributed by atoms with Crippen molar-refractivity contribution in [3.8, 4) is 0 Å². The maximum Gasteiger partial charge on any atom is 0.0785 e. The normalized spacial score (nSPS) is 15.1. The molecule has 0 radical (unpaired) electrons. The van der Waals surface area contributed by atoms with Crippen LogP contribution in [-0.4, -0.2) is 13.2 Å². The predicted octanol–water partition coefficient (Wildman–Crippen LogP) is 4.11. The lowest BCUT2D eigenvalue weighted by atomic mass is 10.1. The molecule has 1 aromatic carbocycles. The number of rotatable bonds is 3.